The van der Waals surface area contributed by atoms with Crippen molar-refractivity contribution in [1.29, 1.82) is 0 Å². The minimum atomic E-state index is -0.0691. The molecule has 7 heteroatoms. The van der Waals surface area contributed by atoms with Gasteiger partial charge in [-0.15, -0.1) is 0 Å². The van der Waals surface area contributed by atoms with Gasteiger partial charge >= 0.3 is 0 Å². The lowest BCUT2D eigenvalue weighted by atomic mass is 10.0. The Labute approximate surface area is 163 Å². The van der Waals surface area contributed by atoms with Gasteiger partial charge in [-0.05, 0) is 46.6 Å². The van der Waals surface area contributed by atoms with E-state index in [0.29, 0.717) is 25.6 Å². The fourth-order valence-electron chi connectivity index (χ4n) is 5.14. The molecule has 154 valence electrons. The van der Waals surface area contributed by atoms with Gasteiger partial charge in [-0.2, -0.15) is 0 Å². The van der Waals surface area contributed by atoms with Crippen molar-refractivity contribution in [2.24, 2.45) is 0 Å². The highest BCUT2D eigenvalue weighted by molar-refractivity contribution is 5.83. The fraction of sp³-hybridized carbons (Fsp3) is 0.900. The molecule has 0 spiro atoms. The van der Waals surface area contributed by atoms with Crippen LogP contribution < -0.4 is 5.32 Å². The van der Waals surface area contributed by atoms with Gasteiger partial charge < -0.3 is 15.0 Å². The summed E-state index contributed by atoms with van der Waals surface area (Å²) in [4.78, 5) is 32.1. The number of rotatable bonds is 6. The second-order valence-electron chi connectivity index (χ2n) is 8.57. The van der Waals surface area contributed by atoms with Crippen LogP contribution in [0.15, 0.2) is 0 Å². The van der Waals surface area contributed by atoms with Crippen LogP contribution in [-0.4, -0.2) is 97.1 Å². The zero-order chi connectivity index (χ0) is 19.6. The zero-order valence-corrected chi connectivity index (χ0v) is 17.3. The van der Waals surface area contributed by atoms with Crippen LogP contribution in [0.1, 0.15) is 46.0 Å². The number of likely N-dealkylation sites (N-methyl/N-ethyl adjacent to an activating group) is 1. The van der Waals surface area contributed by atoms with Gasteiger partial charge in [-0.1, -0.05) is 0 Å². The first-order chi connectivity index (χ1) is 12.9. The molecule has 3 rings (SSSR count). The molecule has 0 aliphatic carbocycles. The van der Waals surface area contributed by atoms with E-state index in [1.54, 1.807) is 7.11 Å². The average molecular weight is 381 g/mol. The molecule has 3 aliphatic heterocycles. The number of fused-ring (bicyclic) bond motifs is 1. The van der Waals surface area contributed by atoms with Crippen LogP contribution in [-0.2, 0) is 14.3 Å². The van der Waals surface area contributed by atoms with E-state index in [-0.39, 0.29) is 36.0 Å². The Morgan fingerprint density at radius 2 is 2.04 bits per heavy atom. The number of hydrogen-bond acceptors (Lipinski definition) is 5. The molecular weight excluding hydrogens is 344 g/mol. The van der Waals surface area contributed by atoms with Crippen molar-refractivity contribution >= 4 is 11.8 Å². The quantitative estimate of drug-likeness (QED) is 0.734. The van der Waals surface area contributed by atoms with Gasteiger partial charge in [0.05, 0.1) is 12.6 Å². The SMILES string of the molecule is COCC1CCCN1C(=O)CCC1CNC(=O)C2C(CCN2C(C)C)N1C. The molecule has 0 aromatic heterocycles. The van der Waals surface area contributed by atoms with Crippen LogP contribution in [0.3, 0.4) is 0 Å². The van der Waals surface area contributed by atoms with Crippen LogP contribution >= 0.6 is 0 Å². The number of carbonyl (C=O) groups excluding carboxylic acids is 2. The van der Waals surface area contributed by atoms with Gasteiger partial charge in [0.1, 0.15) is 6.04 Å². The van der Waals surface area contributed by atoms with Crippen LogP contribution in [0.25, 0.3) is 0 Å². The molecule has 27 heavy (non-hydrogen) atoms. The van der Waals surface area contributed by atoms with E-state index in [4.69, 9.17) is 4.74 Å². The maximum atomic E-state index is 12.8. The van der Waals surface area contributed by atoms with Crippen LogP contribution in [0.4, 0.5) is 0 Å². The fourth-order valence-corrected chi connectivity index (χ4v) is 5.14. The van der Waals surface area contributed by atoms with E-state index in [2.05, 4.69) is 36.0 Å². The smallest absolute Gasteiger partial charge is 0.239 e. The lowest BCUT2D eigenvalue weighted by molar-refractivity contribution is -0.133. The summed E-state index contributed by atoms with van der Waals surface area (Å²) in [6.07, 6.45) is 4.44. The summed E-state index contributed by atoms with van der Waals surface area (Å²) in [5.41, 5.74) is 0. The topological polar surface area (TPSA) is 65.1 Å². The van der Waals surface area contributed by atoms with Crippen molar-refractivity contribution in [3.05, 3.63) is 0 Å². The first-order valence-corrected chi connectivity index (χ1v) is 10.5. The van der Waals surface area contributed by atoms with Crippen LogP contribution in [0.5, 0.6) is 0 Å². The van der Waals surface area contributed by atoms with Gasteiger partial charge in [-0.25, -0.2) is 0 Å². The van der Waals surface area contributed by atoms with Crippen LogP contribution in [0.2, 0.25) is 0 Å². The molecule has 4 unspecified atom stereocenters. The van der Waals surface area contributed by atoms with E-state index in [1.807, 2.05) is 4.90 Å². The molecule has 3 aliphatic rings. The molecule has 1 N–H and O–H groups in total. The molecule has 0 aromatic carbocycles. The molecule has 2 amide bonds. The van der Waals surface area contributed by atoms with E-state index < -0.39 is 0 Å². The summed E-state index contributed by atoms with van der Waals surface area (Å²) < 4.78 is 5.27. The third kappa shape index (κ3) is 4.30. The number of hydrogen-bond donors (Lipinski definition) is 1. The second-order valence-corrected chi connectivity index (χ2v) is 8.57. The zero-order valence-electron chi connectivity index (χ0n) is 17.3. The minimum Gasteiger partial charge on any atom is -0.383 e. The maximum Gasteiger partial charge on any atom is 0.239 e. The molecule has 0 bridgehead atoms. The second kappa shape index (κ2) is 8.88. The molecule has 7 nitrogen and oxygen atoms in total. The number of carbonyl (C=O) groups is 2. The summed E-state index contributed by atoms with van der Waals surface area (Å²) in [5.74, 6) is 0.372. The Balaban J connectivity index is 1.59. The lowest BCUT2D eigenvalue weighted by Gasteiger charge is -2.34. The average Bonchev–Trinajstić information content (AvgIpc) is 3.25. The first-order valence-electron chi connectivity index (χ1n) is 10.5. The summed E-state index contributed by atoms with van der Waals surface area (Å²) in [5, 5.41) is 3.14. The normalized spacial score (nSPS) is 32.6. The summed E-state index contributed by atoms with van der Waals surface area (Å²) in [7, 11) is 3.82. The highest BCUT2D eigenvalue weighted by atomic mass is 16.5. The third-order valence-electron chi connectivity index (χ3n) is 6.70. The van der Waals surface area contributed by atoms with Gasteiger partial charge in [0.25, 0.3) is 0 Å². The van der Waals surface area contributed by atoms with Crippen LogP contribution in [0, 0.1) is 0 Å². The third-order valence-corrected chi connectivity index (χ3v) is 6.70. The summed E-state index contributed by atoms with van der Waals surface area (Å²) >= 11 is 0. The molecule has 3 fully saturated rings. The van der Waals surface area contributed by atoms with Gasteiger partial charge in [0.15, 0.2) is 0 Å². The number of methoxy groups -OCH3 is 1. The molecule has 0 radical (unpaired) electrons. The molecule has 3 saturated heterocycles. The number of likely N-dealkylation sites (tertiary alicyclic amines) is 2. The lowest BCUT2D eigenvalue weighted by Crippen LogP contribution is -2.51. The van der Waals surface area contributed by atoms with Crippen molar-refractivity contribution in [2.75, 3.05) is 40.4 Å². The number of ether oxygens (including phenoxy) is 1. The molecular formula is C20H36N4O3. The minimum absolute atomic E-state index is 0.0691. The maximum absolute atomic E-state index is 12.8. The van der Waals surface area contributed by atoms with Gasteiger partial charge in [0, 0.05) is 51.3 Å². The Kier molecular flexibility index (Phi) is 6.76. The Morgan fingerprint density at radius 1 is 1.26 bits per heavy atom. The summed E-state index contributed by atoms with van der Waals surface area (Å²) in [6, 6.07) is 0.977. The van der Waals surface area contributed by atoms with Crippen molar-refractivity contribution in [2.45, 2.75) is 76.2 Å². The monoisotopic (exact) mass is 380 g/mol. The predicted molar refractivity (Wildman–Crippen MR) is 104 cm³/mol. The largest absolute Gasteiger partial charge is 0.383 e. The summed E-state index contributed by atoms with van der Waals surface area (Å²) in [6.45, 7) is 7.37. The highest BCUT2D eigenvalue weighted by Gasteiger charge is 2.45. The van der Waals surface area contributed by atoms with Gasteiger partial charge in [0.2, 0.25) is 11.8 Å². The van der Waals surface area contributed by atoms with Crippen molar-refractivity contribution in [1.82, 2.24) is 20.0 Å². The highest BCUT2D eigenvalue weighted by Crippen LogP contribution is 2.29. The van der Waals surface area contributed by atoms with E-state index in [1.165, 1.54) is 0 Å². The molecule has 0 saturated carbocycles. The predicted octanol–water partition coefficient (Wildman–Crippen LogP) is 0.686. The van der Waals surface area contributed by atoms with E-state index >= 15 is 0 Å². The van der Waals surface area contributed by atoms with Crippen molar-refractivity contribution in [3.8, 4) is 0 Å². The standard InChI is InChI=1S/C20H36N4O3/c1-14(2)23-11-9-17-19(23)20(26)21-12-15(22(17)3)7-8-18(25)24-10-5-6-16(24)13-27-4/h14-17,19H,5-13H2,1-4H3,(H,21,26). The Bertz CT molecular complexity index is 541. The Hall–Kier alpha value is -1.18. The van der Waals surface area contributed by atoms with E-state index in [0.717, 1.165) is 38.8 Å². The molecule has 3 heterocycles. The molecule has 4 atom stereocenters. The number of nitrogens with one attached hydrogen (secondary N) is 1. The number of amides is 2. The van der Waals surface area contributed by atoms with Crippen molar-refractivity contribution < 1.29 is 14.3 Å². The van der Waals surface area contributed by atoms with Gasteiger partial charge in [-0.3, -0.25) is 19.4 Å². The van der Waals surface area contributed by atoms with Crippen molar-refractivity contribution in [3.63, 3.8) is 0 Å². The molecule has 0 aromatic rings. The van der Waals surface area contributed by atoms with E-state index in [9.17, 15) is 9.59 Å². The number of nitrogens with zero attached hydrogens (tertiary/aromatic N) is 3. The Morgan fingerprint density at radius 3 is 2.74 bits per heavy atom. The first kappa shape index (κ1) is 20.6.